The predicted molar refractivity (Wildman–Crippen MR) is 143 cm³/mol. The van der Waals surface area contributed by atoms with Gasteiger partial charge in [-0.1, -0.05) is 109 Å². The lowest BCUT2D eigenvalue weighted by Gasteiger charge is -2.09. The number of hydrogen-bond donors (Lipinski definition) is 0. The summed E-state index contributed by atoms with van der Waals surface area (Å²) in [6, 6.07) is 39.4. The van der Waals surface area contributed by atoms with Crippen molar-refractivity contribution in [3.05, 3.63) is 138 Å². The lowest BCUT2D eigenvalue weighted by atomic mass is 10.2. The van der Waals surface area contributed by atoms with E-state index in [1.54, 1.807) is 30.3 Å². The molecule has 0 saturated heterocycles. The van der Waals surface area contributed by atoms with E-state index in [9.17, 15) is 13.0 Å². The molecule has 4 aromatic carbocycles. The number of aryl methyl sites for hydroxylation is 2. The summed E-state index contributed by atoms with van der Waals surface area (Å²) in [5, 5.41) is 0. The fraction of sp³-hybridized carbons (Fsp3) is 0.172. The van der Waals surface area contributed by atoms with E-state index < -0.39 is 10.4 Å². The summed E-state index contributed by atoms with van der Waals surface area (Å²) in [6.07, 6.45) is 1.14. The minimum atomic E-state index is -4.57. The molecule has 0 radical (unpaired) electrons. The highest BCUT2D eigenvalue weighted by molar-refractivity contribution is 7.96. The Kier molecular flexibility index (Phi) is 10.6. The van der Waals surface area contributed by atoms with Gasteiger partial charge in [-0.15, -0.1) is 0 Å². The lowest BCUT2D eigenvalue weighted by molar-refractivity contribution is 0.253. The molecule has 4 rings (SSSR count). The van der Waals surface area contributed by atoms with Gasteiger partial charge in [-0.05, 0) is 30.2 Å². The topological polar surface area (TPSA) is 66.4 Å². The molecule has 0 aromatic heterocycles. The SMILES string of the molecule is Cc1ccc([S+](CCc2ccccc2)Cc2ccccc2)cc1.O=S(=O)([O-])OCc1ccccc1. The van der Waals surface area contributed by atoms with E-state index in [-0.39, 0.29) is 17.5 Å². The van der Waals surface area contributed by atoms with Gasteiger partial charge < -0.3 is 4.55 Å². The van der Waals surface area contributed by atoms with E-state index in [2.05, 4.69) is 96.0 Å². The summed E-state index contributed by atoms with van der Waals surface area (Å²) in [6.45, 7) is 1.95. The fourth-order valence-electron chi connectivity index (χ4n) is 3.38. The van der Waals surface area contributed by atoms with Crippen molar-refractivity contribution < 1.29 is 17.2 Å². The highest BCUT2D eigenvalue weighted by atomic mass is 32.3. The molecule has 1 atom stereocenters. The lowest BCUT2D eigenvalue weighted by Crippen LogP contribution is -2.13. The van der Waals surface area contributed by atoms with Crippen molar-refractivity contribution >= 4 is 21.3 Å². The summed E-state index contributed by atoms with van der Waals surface area (Å²) in [4.78, 5) is 1.48. The van der Waals surface area contributed by atoms with Crippen LogP contribution in [0.5, 0.6) is 0 Å². The molecule has 0 aliphatic carbocycles. The molecule has 4 nitrogen and oxygen atoms in total. The minimum Gasteiger partial charge on any atom is -0.726 e. The van der Waals surface area contributed by atoms with Crippen LogP contribution in [-0.2, 0) is 44.3 Å². The minimum absolute atomic E-state index is 0.202. The van der Waals surface area contributed by atoms with Gasteiger partial charge in [0.25, 0.3) is 0 Å². The molecular formula is C29H30O4S2. The fourth-order valence-corrected chi connectivity index (χ4v) is 5.80. The Balaban J connectivity index is 0.000000241. The summed E-state index contributed by atoms with van der Waals surface area (Å²) < 4.78 is 34.1. The Bertz CT molecular complexity index is 1230. The monoisotopic (exact) mass is 506 g/mol. The molecule has 6 heteroatoms. The van der Waals surface area contributed by atoms with E-state index in [1.807, 2.05) is 0 Å². The van der Waals surface area contributed by atoms with Gasteiger partial charge >= 0.3 is 0 Å². The highest BCUT2D eigenvalue weighted by Gasteiger charge is 2.22. The average molecular weight is 507 g/mol. The van der Waals surface area contributed by atoms with Crippen LogP contribution in [-0.4, -0.2) is 18.7 Å². The molecular weight excluding hydrogens is 476 g/mol. The molecule has 0 spiro atoms. The van der Waals surface area contributed by atoms with Gasteiger partial charge in [0.15, 0.2) is 4.90 Å². The maximum atomic E-state index is 10.0. The zero-order valence-electron chi connectivity index (χ0n) is 19.7. The van der Waals surface area contributed by atoms with Crippen molar-refractivity contribution in [1.82, 2.24) is 0 Å². The second-order valence-electron chi connectivity index (χ2n) is 8.03. The van der Waals surface area contributed by atoms with Crippen molar-refractivity contribution in [3.8, 4) is 0 Å². The zero-order chi connectivity index (χ0) is 24.9. The standard InChI is InChI=1S/C22H23S.C7H8O4S/c1-19-12-14-22(15-13-19)23(18-21-10-6-3-7-11-21)17-16-20-8-4-2-5-9-20;8-12(9,10)11-6-7-4-2-1-3-5-7/h2-15H,16-18H2,1H3;1-5H,6H2,(H,8,9,10)/q+1;/p-1. The average Bonchev–Trinajstić information content (AvgIpc) is 2.88. The smallest absolute Gasteiger partial charge is 0.217 e. The second-order valence-corrected chi connectivity index (χ2v) is 11.2. The number of rotatable bonds is 9. The Labute approximate surface area is 211 Å². The Morgan fingerprint density at radius 3 is 1.69 bits per heavy atom. The van der Waals surface area contributed by atoms with Gasteiger partial charge in [-0.2, -0.15) is 0 Å². The molecule has 182 valence electrons. The van der Waals surface area contributed by atoms with Crippen LogP contribution in [0.3, 0.4) is 0 Å². The van der Waals surface area contributed by atoms with Gasteiger partial charge in [0.1, 0.15) is 11.5 Å². The molecule has 0 N–H and O–H groups in total. The van der Waals surface area contributed by atoms with E-state index in [4.69, 9.17) is 0 Å². The van der Waals surface area contributed by atoms with Gasteiger partial charge in [0.05, 0.1) is 6.61 Å². The first-order valence-corrected chi connectivity index (χ1v) is 14.2. The third-order valence-corrected chi connectivity index (χ3v) is 7.95. The van der Waals surface area contributed by atoms with E-state index in [1.165, 1.54) is 27.3 Å². The molecule has 0 aliphatic rings. The Morgan fingerprint density at radius 1 is 0.686 bits per heavy atom. The molecule has 0 bridgehead atoms. The Hall–Kier alpha value is -2.90. The van der Waals surface area contributed by atoms with Crippen molar-refractivity contribution in [2.24, 2.45) is 0 Å². The van der Waals surface area contributed by atoms with Crippen LogP contribution >= 0.6 is 0 Å². The summed E-state index contributed by atoms with van der Waals surface area (Å²) in [5.41, 5.74) is 4.85. The third kappa shape index (κ3) is 10.5. The van der Waals surface area contributed by atoms with Crippen LogP contribution in [0, 0.1) is 6.92 Å². The van der Waals surface area contributed by atoms with Gasteiger partial charge in [-0.3, -0.25) is 4.18 Å². The maximum absolute atomic E-state index is 10.0. The predicted octanol–water partition coefficient (Wildman–Crippen LogP) is 6.08. The van der Waals surface area contributed by atoms with Crippen LogP contribution in [0.15, 0.2) is 120 Å². The quantitative estimate of drug-likeness (QED) is 0.157. The number of hydrogen-bond acceptors (Lipinski definition) is 4. The zero-order valence-corrected chi connectivity index (χ0v) is 21.4. The number of benzene rings is 4. The summed E-state index contributed by atoms with van der Waals surface area (Å²) in [7, 11) is -4.32. The van der Waals surface area contributed by atoms with Crippen LogP contribution < -0.4 is 0 Å². The molecule has 1 unspecified atom stereocenters. The van der Waals surface area contributed by atoms with E-state index >= 15 is 0 Å². The van der Waals surface area contributed by atoms with Crippen molar-refractivity contribution in [2.45, 2.75) is 30.6 Å². The maximum Gasteiger partial charge on any atom is 0.217 e. The summed E-state index contributed by atoms with van der Waals surface area (Å²) >= 11 is 0. The Morgan fingerprint density at radius 2 is 1.17 bits per heavy atom. The molecule has 4 aromatic rings. The van der Waals surface area contributed by atoms with Gasteiger partial charge in [0, 0.05) is 22.9 Å². The molecule has 0 heterocycles. The first-order valence-electron chi connectivity index (χ1n) is 11.4. The van der Waals surface area contributed by atoms with Crippen LogP contribution in [0.4, 0.5) is 0 Å². The highest BCUT2D eigenvalue weighted by Crippen LogP contribution is 2.21. The van der Waals surface area contributed by atoms with E-state index in [0.717, 1.165) is 12.2 Å². The van der Waals surface area contributed by atoms with Gasteiger partial charge in [-0.25, -0.2) is 8.42 Å². The molecule has 35 heavy (non-hydrogen) atoms. The van der Waals surface area contributed by atoms with Crippen molar-refractivity contribution in [3.63, 3.8) is 0 Å². The van der Waals surface area contributed by atoms with E-state index in [0.29, 0.717) is 5.56 Å². The molecule has 0 aliphatic heterocycles. The third-order valence-electron chi connectivity index (χ3n) is 5.23. The molecule has 0 fully saturated rings. The van der Waals surface area contributed by atoms with Gasteiger partial charge in [0.2, 0.25) is 10.4 Å². The van der Waals surface area contributed by atoms with Crippen LogP contribution in [0.25, 0.3) is 0 Å². The van der Waals surface area contributed by atoms with Crippen molar-refractivity contribution in [2.75, 3.05) is 5.75 Å². The first kappa shape index (κ1) is 26.7. The van der Waals surface area contributed by atoms with Crippen LogP contribution in [0.2, 0.25) is 0 Å². The molecule has 0 amide bonds. The largest absolute Gasteiger partial charge is 0.726 e. The normalized spacial score (nSPS) is 11.8. The van der Waals surface area contributed by atoms with Crippen molar-refractivity contribution in [1.29, 1.82) is 0 Å². The summed E-state index contributed by atoms with van der Waals surface area (Å²) in [5.74, 6) is 2.35. The first-order chi connectivity index (χ1) is 16.9. The van der Waals surface area contributed by atoms with Crippen LogP contribution in [0.1, 0.15) is 22.3 Å². The molecule has 0 saturated carbocycles. The second kappa shape index (κ2) is 13.9.